The second kappa shape index (κ2) is 5.11. The SMILES string of the molecule is CN(CCC#N)C(=O)c1ccc(F)cc1. The molecule has 0 fully saturated rings. The predicted molar refractivity (Wildman–Crippen MR) is 53.6 cm³/mol. The lowest BCUT2D eigenvalue weighted by Crippen LogP contribution is -2.27. The summed E-state index contributed by atoms with van der Waals surface area (Å²) in [7, 11) is 1.61. The molecule has 0 aliphatic rings. The van der Waals surface area contributed by atoms with Crippen LogP contribution in [0.25, 0.3) is 0 Å². The summed E-state index contributed by atoms with van der Waals surface area (Å²) in [5.41, 5.74) is 0.428. The van der Waals surface area contributed by atoms with Gasteiger partial charge in [0.2, 0.25) is 0 Å². The van der Waals surface area contributed by atoms with E-state index in [9.17, 15) is 9.18 Å². The first-order valence-electron chi connectivity index (χ1n) is 4.53. The average Bonchev–Trinajstić information content (AvgIpc) is 2.26. The van der Waals surface area contributed by atoms with Gasteiger partial charge in [0.05, 0.1) is 12.5 Å². The third kappa shape index (κ3) is 3.06. The topological polar surface area (TPSA) is 44.1 Å². The summed E-state index contributed by atoms with van der Waals surface area (Å²) < 4.78 is 12.6. The van der Waals surface area contributed by atoms with Crippen LogP contribution in [0.4, 0.5) is 4.39 Å². The van der Waals surface area contributed by atoms with E-state index in [1.807, 2.05) is 6.07 Å². The van der Waals surface area contributed by atoms with Crippen molar-refractivity contribution in [3.63, 3.8) is 0 Å². The number of hydrogen-bond donors (Lipinski definition) is 0. The number of nitriles is 1. The predicted octanol–water partition coefficient (Wildman–Crippen LogP) is 1.81. The van der Waals surface area contributed by atoms with Crippen molar-refractivity contribution in [3.8, 4) is 6.07 Å². The molecule has 0 aromatic heterocycles. The Hall–Kier alpha value is -1.89. The minimum atomic E-state index is -0.369. The molecule has 0 N–H and O–H groups in total. The maximum Gasteiger partial charge on any atom is 0.253 e. The number of rotatable bonds is 3. The highest BCUT2D eigenvalue weighted by Gasteiger charge is 2.10. The normalized spacial score (nSPS) is 9.40. The van der Waals surface area contributed by atoms with Gasteiger partial charge in [-0.1, -0.05) is 0 Å². The third-order valence-corrected chi connectivity index (χ3v) is 2.00. The first-order chi connectivity index (χ1) is 7.15. The maximum atomic E-state index is 12.6. The molecule has 0 heterocycles. The standard InChI is InChI=1S/C11H11FN2O/c1-14(8-2-7-13)11(15)9-3-5-10(12)6-4-9/h3-6H,2,8H2,1H3. The molecule has 0 radical (unpaired) electrons. The Balaban J connectivity index is 2.68. The lowest BCUT2D eigenvalue weighted by atomic mass is 10.2. The molecule has 0 saturated carbocycles. The number of carbonyl (C=O) groups excluding carboxylic acids is 1. The van der Waals surface area contributed by atoms with Crippen LogP contribution in [-0.2, 0) is 0 Å². The first kappa shape index (κ1) is 11.2. The van der Waals surface area contributed by atoms with E-state index >= 15 is 0 Å². The van der Waals surface area contributed by atoms with Crippen LogP contribution in [0, 0.1) is 17.1 Å². The van der Waals surface area contributed by atoms with Crippen molar-refractivity contribution in [2.45, 2.75) is 6.42 Å². The van der Waals surface area contributed by atoms with Crippen molar-refractivity contribution in [1.82, 2.24) is 4.90 Å². The molecule has 0 unspecified atom stereocenters. The van der Waals surface area contributed by atoms with Gasteiger partial charge in [0.15, 0.2) is 0 Å². The van der Waals surface area contributed by atoms with Crippen molar-refractivity contribution in [2.24, 2.45) is 0 Å². The lowest BCUT2D eigenvalue weighted by molar-refractivity contribution is 0.0798. The molecular formula is C11H11FN2O. The van der Waals surface area contributed by atoms with Crippen LogP contribution in [0.3, 0.4) is 0 Å². The Labute approximate surface area is 87.7 Å². The van der Waals surface area contributed by atoms with E-state index in [0.717, 1.165) is 0 Å². The Morgan fingerprint density at radius 3 is 2.60 bits per heavy atom. The first-order valence-corrected chi connectivity index (χ1v) is 4.53. The van der Waals surface area contributed by atoms with Crippen molar-refractivity contribution in [1.29, 1.82) is 5.26 Å². The Bertz CT molecular complexity index is 381. The van der Waals surface area contributed by atoms with Gasteiger partial charge in [0.25, 0.3) is 5.91 Å². The van der Waals surface area contributed by atoms with Crippen LogP contribution in [0.5, 0.6) is 0 Å². The molecule has 1 aromatic rings. The fourth-order valence-electron chi connectivity index (χ4n) is 1.13. The summed E-state index contributed by atoms with van der Waals surface area (Å²) >= 11 is 0. The van der Waals surface area contributed by atoms with Crippen LogP contribution >= 0.6 is 0 Å². The van der Waals surface area contributed by atoms with Crippen LogP contribution in [-0.4, -0.2) is 24.4 Å². The van der Waals surface area contributed by atoms with E-state index in [1.165, 1.54) is 29.2 Å². The van der Waals surface area contributed by atoms with Gasteiger partial charge in [0, 0.05) is 19.2 Å². The summed E-state index contributed by atoms with van der Waals surface area (Å²) in [5.74, 6) is -0.573. The monoisotopic (exact) mass is 206 g/mol. The summed E-state index contributed by atoms with van der Waals surface area (Å²) in [5, 5.41) is 8.37. The van der Waals surface area contributed by atoms with E-state index in [-0.39, 0.29) is 11.7 Å². The third-order valence-electron chi connectivity index (χ3n) is 2.00. The van der Waals surface area contributed by atoms with Gasteiger partial charge in [-0.3, -0.25) is 4.79 Å². The highest BCUT2D eigenvalue weighted by atomic mass is 19.1. The molecule has 3 nitrogen and oxygen atoms in total. The maximum absolute atomic E-state index is 12.6. The van der Waals surface area contributed by atoms with Crippen molar-refractivity contribution in [3.05, 3.63) is 35.6 Å². The van der Waals surface area contributed by atoms with Crippen LogP contribution in [0.15, 0.2) is 24.3 Å². The van der Waals surface area contributed by atoms with Crippen LogP contribution in [0.2, 0.25) is 0 Å². The van der Waals surface area contributed by atoms with Gasteiger partial charge in [-0.15, -0.1) is 0 Å². The Morgan fingerprint density at radius 2 is 2.07 bits per heavy atom. The minimum absolute atomic E-state index is 0.203. The number of benzene rings is 1. The van der Waals surface area contributed by atoms with Gasteiger partial charge in [-0.2, -0.15) is 5.26 Å². The molecule has 0 aliphatic heterocycles. The van der Waals surface area contributed by atoms with Crippen LogP contribution in [0.1, 0.15) is 16.8 Å². The zero-order valence-corrected chi connectivity index (χ0v) is 8.40. The van der Waals surface area contributed by atoms with E-state index in [1.54, 1.807) is 7.05 Å². The molecule has 1 amide bonds. The van der Waals surface area contributed by atoms with Crippen molar-refractivity contribution < 1.29 is 9.18 Å². The number of halogens is 1. The molecule has 4 heteroatoms. The Morgan fingerprint density at radius 1 is 1.47 bits per heavy atom. The average molecular weight is 206 g/mol. The van der Waals surface area contributed by atoms with Gasteiger partial charge in [-0.05, 0) is 24.3 Å². The largest absolute Gasteiger partial charge is 0.341 e. The molecule has 0 aliphatic carbocycles. The molecular weight excluding hydrogens is 195 g/mol. The van der Waals surface area contributed by atoms with Gasteiger partial charge >= 0.3 is 0 Å². The van der Waals surface area contributed by atoms with Crippen molar-refractivity contribution in [2.75, 3.05) is 13.6 Å². The van der Waals surface area contributed by atoms with E-state index in [4.69, 9.17) is 5.26 Å². The summed E-state index contributed by atoms with van der Waals surface area (Å²) in [6, 6.07) is 7.31. The molecule has 0 bridgehead atoms. The zero-order valence-electron chi connectivity index (χ0n) is 8.40. The van der Waals surface area contributed by atoms with Crippen LogP contribution < -0.4 is 0 Å². The number of hydrogen-bond acceptors (Lipinski definition) is 2. The summed E-state index contributed by atoms with van der Waals surface area (Å²) in [6.45, 7) is 0.382. The highest BCUT2D eigenvalue weighted by molar-refractivity contribution is 5.93. The van der Waals surface area contributed by atoms with Gasteiger partial charge < -0.3 is 4.90 Å². The minimum Gasteiger partial charge on any atom is -0.341 e. The van der Waals surface area contributed by atoms with E-state index < -0.39 is 0 Å². The number of carbonyl (C=O) groups is 1. The quantitative estimate of drug-likeness (QED) is 0.757. The number of amides is 1. The Kier molecular flexibility index (Phi) is 3.81. The van der Waals surface area contributed by atoms with Crippen molar-refractivity contribution >= 4 is 5.91 Å². The molecule has 1 rings (SSSR count). The van der Waals surface area contributed by atoms with E-state index in [0.29, 0.717) is 18.5 Å². The smallest absolute Gasteiger partial charge is 0.253 e. The lowest BCUT2D eigenvalue weighted by Gasteiger charge is -2.15. The number of nitrogens with zero attached hydrogens (tertiary/aromatic N) is 2. The highest BCUT2D eigenvalue weighted by Crippen LogP contribution is 2.05. The molecule has 0 saturated heterocycles. The summed E-state index contributed by atoms with van der Waals surface area (Å²) in [4.78, 5) is 13.1. The summed E-state index contributed by atoms with van der Waals surface area (Å²) in [6.07, 6.45) is 0.295. The molecule has 0 atom stereocenters. The fraction of sp³-hybridized carbons (Fsp3) is 0.273. The van der Waals surface area contributed by atoms with E-state index in [2.05, 4.69) is 0 Å². The molecule has 0 spiro atoms. The molecule has 15 heavy (non-hydrogen) atoms. The second-order valence-electron chi connectivity index (χ2n) is 3.14. The zero-order chi connectivity index (χ0) is 11.3. The van der Waals surface area contributed by atoms with Gasteiger partial charge in [-0.25, -0.2) is 4.39 Å². The fourth-order valence-corrected chi connectivity index (χ4v) is 1.13. The van der Waals surface area contributed by atoms with Gasteiger partial charge in [0.1, 0.15) is 5.82 Å². The molecule has 1 aromatic carbocycles. The second-order valence-corrected chi connectivity index (χ2v) is 3.14. The molecule has 78 valence electrons.